The summed E-state index contributed by atoms with van der Waals surface area (Å²) < 4.78 is 23.9. The van der Waals surface area contributed by atoms with Crippen LogP contribution in [-0.2, 0) is 4.79 Å². The van der Waals surface area contributed by atoms with Crippen LogP contribution in [0.15, 0.2) is 0 Å². The van der Waals surface area contributed by atoms with Gasteiger partial charge in [0.25, 0.3) is 6.43 Å². The number of rotatable bonds is 4. The summed E-state index contributed by atoms with van der Waals surface area (Å²) in [7, 11) is 1.80. The first-order valence-electron chi connectivity index (χ1n) is 4.92. The minimum absolute atomic E-state index is 0.154. The number of halogens is 2. The maximum Gasteiger partial charge on any atom is 0.307 e. The van der Waals surface area contributed by atoms with Crippen LogP contribution in [0.3, 0.4) is 0 Å². The van der Waals surface area contributed by atoms with Gasteiger partial charge in [0.05, 0.1) is 12.5 Å². The smallest absolute Gasteiger partial charge is 0.307 e. The number of hydrogen-bond donors (Lipinski definition) is 2. The molecule has 0 bridgehead atoms. The van der Waals surface area contributed by atoms with Gasteiger partial charge in [0, 0.05) is 19.1 Å². The Bertz CT molecular complexity index is 226. The molecule has 2 atom stereocenters. The average molecular weight is 222 g/mol. The Balaban J connectivity index is 2.41. The second kappa shape index (κ2) is 5.37. The number of likely N-dealkylation sites (tertiary alicyclic amines) is 1. The predicted octanol–water partition coefficient (Wildman–Crippen LogP) is 0.246. The fourth-order valence-electron chi connectivity index (χ4n) is 1.90. The van der Waals surface area contributed by atoms with Crippen LogP contribution >= 0.6 is 0 Å². The summed E-state index contributed by atoms with van der Waals surface area (Å²) in [5.74, 6) is -1.32. The number of likely N-dealkylation sites (N-methyl/N-ethyl adjacent to an activating group) is 1. The van der Waals surface area contributed by atoms with Gasteiger partial charge >= 0.3 is 5.97 Å². The van der Waals surface area contributed by atoms with Gasteiger partial charge in [-0.1, -0.05) is 0 Å². The largest absolute Gasteiger partial charge is 0.481 e. The van der Waals surface area contributed by atoms with Crippen molar-refractivity contribution in [1.29, 1.82) is 0 Å². The van der Waals surface area contributed by atoms with Crippen molar-refractivity contribution in [1.82, 2.24) is 10.2 Å². The molecule has 88 valence electrons. The standard InChI is InChI=1S/C9H16F2N2O2/c1-13-4-6(9(14)15)2-7(5-13)12-3-8(10)11/h6-8,12H,2-5H2,1H3,(H,14,15). The molecule has 1 aliphatic heterocycles. The van der Waals surface area contributed by atoms with E-state index in [1.165, 1.54) is 0 Å². The van der Waals surface area contributed by atoms with Crippen molar-refractivity contribution in [2.24, 2.45) is 5.92 Å². The van der Waals surface area contributed by atoms with Gasteiger partial charge in [-0.05, 0) is 13.5 Å². The van der Waals surface area contributed by atoms with E-state index in [-0.39, 0.29) is 12.6 Å². The van der Waals surface area contributed by atoms with Gasteiger partial charge in [-0.2, -0.15) is 0 Å². The van der Waals surface area contributed by atoms with Crippen molar-refractivity contribution in [3.63, 3.8) is 0 Å². The quantitative estimate of drug-likeness (QED) is 0.715. The molecule has 0 aromatic rings. The van der Waals surface area contributed by atoms with E-state index in [0.717, 1.165) is 0 Å². The zero-order chi connectivity index (χ0) is 11.4. The van der Waals surface area contributed by atoms with Crippen molar-refractivity contribution in [3.8, 4) is 0 Å². The van der Waals surface area contributed by atoms with E-state index in [9.17, 15) is 13.6 Å². The van der Waals surface area contributed by atoms with Gasteiger partial charge in [0.2, 0.25) is 0 Å². The monoisotopic (exact) mass is 222 g/mol. The molecular formula is C9H16F2N2O2. The van der Waals surface area contributed by atoms with Gasteiger partial charge in [0.15, 0.2) is 0 Å². The number of nitrogens with zero attached hydrogens (tertiary/aromatic N) is 1. The fourth-order valence-corrected chi connectivity index (χ4v) is 1.90. The first-order chi connectivity index (χ1) is 6.99. The molecule has 0 spiro atoms. The number of carboxylic acid groups (broad SMARTS) is 1. The van der Waals surface area contributed by atoms with Gasteiger partial charge in [-0.3, -0.25) is 4.79 Å². The third-order valence-corrected chi connectivity index (χ3v) is 2.54. The number of piperidine rings is 1. The second-order valence-corrected chi connectivity index (χ2v) is 3.99. The van der Waals surface area contributed by atoms with Crippen LogP contribution in [0.5, 0.6) is 0 Å². The number of carbonyl (C=O) groups is 1. The number of aliphatic carboxylic acids is 1. The first kappa shape index (κ1) is 12.3. The van der Waals surface area contributed by atoms with Crippen LogP contribution in [0.2, 0.25) is 0 Å². The molecular weight excluding hydrogens is 206 g/mol. The van der Waals surface area contributed by atoms with E-state index in [1.54, 1.807) is 7.05 Å². The molecule has 1 rings (SSSR count). The number of nitrogens with one attached hydrogen (secondary N) is 1. The van der Waals surface area contributed by atoms with Gasteiger partial charge in [0.1, 0.15) is 0 Å². The van der Waals surface area contributed by atoms with Gasteiger partial charge in [-0.15, -0.1) is 0 Å². The Labute approximate surface area is 87.2 Å². The molecule has 0 aromatic heterocycles. The van der Waals surface area contributed by atoms with Crippen LogP contribution in [0.4, 0.5) is 8.78 Å². The lowest BCUT2D eigenvalue weighted by Gasteiger charge is -2.34. The highest BCUT2D eigenvalue weighted by molar-refractivity contribution is 5.70. The average Bonchev–Trinajstić information content (AvgIpc) is 2.13. The number of hydrogen-bond acceptors (Lipinski definition) is 3. The molecule has 1 saturated heterocycles. The molecule has 0 aliphatic carbocycles. The van der Waals surface area contributed by atoms with Crippen molar-refractivity contribution in [3.05, 3.63) is 0 Å². The summed E-state index contributed by atoms with van der Waals surface area (Å²) in [6.45, 7) is 0.740. The maximum absolute atomic E-state index is 12.0. The van der Waals surface area contributed by atoms with Crippen molar-refractivity contribution in [2.45, 2.75) is 18.9 Å². The van der Waals surface area contributed by atoms with E-state index >= 15 is 0 Å². The van der Waals surface area contributed by atoms with Gasteiger partial charge < -0.3 is 15.3 Å². The highest BCUT2D eigenvalue weighted by atomic mass is 19.3. The Hall–Kier alpha value is -0.750. The molecule has 1 heterocycles. The van der Waals surface area contributed by atoms with Crippen LogP contribution in [0, 0.1) is 5.92 Å². The molecule has 0 amide bonds. The van der Waals surface area contributed by atoms with E-state index < -0.39 is 18.3 Å². The molecule has 4 nitrogen and oxygen atoms in total. The first-order valence-corrected chi connectivity index (χ1v) is 4.92. The summed E-state index contributed by atoms with van der Waals surface area (Å²) in [6.07, 6.45) is -1.97. The van der Waals surface area contributed by atoms with Crippen LogP contribution in [-0.4, -0.2) is 55.1 Å². The number of carboxylic acids is 1. The zero-order valence-electron chi connectivity index (χ0n) is 8.62. The molecule has 1 fully saturated rings. The molecule has 6 heteroatoms. The summed E-state index contributed by atoms with van der Waals surface area (Å²) in [4.78, 5) is 12.6. The lowest BCUT2D eigenvalue weighted by atomic mass is 9.95. The van der Waals surface area contributed by atoms with E-state index in [2.05, 4.69) is 5.32 Å². The van der Waals surface area contributed by atoms with Crippen LogP contribution in [0.1, 0.15) is 6.42 Å². The minimum Gasteiger partial charge on any atom is -0.481 e. The molecule has 0 aromatic carbocycles. The molecule has 0 radical (unpaired) electrons. The maximum atomic E-state index is 12.0. The Kier molecular flexibility index (Phi) is 4.41. The third kappa shape index (κ3) is 4.09. The minimum atomic E-state index is -2.39. The van der Waals surface area contributed by atoms with E-state index in [0.29, 0.717) is 19.5 Å². The lowest BCUT2D eigenvalue weighted by molar-refractivity contribution is -0.143. The molecule has 1 aliphatic rings. The topological polar surface area (TPSA) is 52.6 Å². The Morgan fingerprint density at radius 3 is 2.80 bits per heavy atom. The van der Waals surface area contributed by atoms with Crippen molar-refractivity contribution >= 4 is 5.97 Å². The molecule has 2 unspecified atom stereocenters. The second-order valence-electron chi connectivity index (χ2n) is 3.99. The third-order valence-electron chi connectivity index (χ3n) is 2.54. The van der Waals surface area contributed by atoms with E-state index in [1.807, 2.05) is 4.90 Å². The van der Waals surface area contributed by atoms with E-state index in [4.69, 9.17) is 5.11 Å². The lowest BCUT2D eigenvalue weighted by Crippen LogP contribution is -2.50. The summed E-state index contributed by atoms with van der Waals surface area (Å²) in [5, 5.41) is 11.5. The highest BCUT2D eigenvalue weighted by Gasteiger charge is 2.29. The summed E-state index contributed by atoms with van der Waals surface area (Å²) in [5.41, 5.74) is 0. The predicted molar refractivity (Wildman–Crippen MR) is 51.0 cm³/mol. The SMILES string of the molecule is CN1CC(NCC(F)F)CC(C(=O)O)C1. The number of alkyl halides is 2. The Morgan fingerprint density at radius 1 is 1.60 bits per heavy atom. The summed E-state index contributed by atoms with van der Waals surface area (Å²) >= 11 is 0. The highest BCUT2D eigenvalue weighted by Crippen LogP contribution is 2.16. The fraction of sp³-hybridized carbons (Fsp3) is 0.889. The normalized spacial score (nSPS) is 28.3. The van der Waals surface area contributed by atoms with Gasteiger partial charge in [-0.25, -0.2) is 8.78 Å². The molecule has 0 saturated carbocycles. The van der Waals surface area contributed by atoms with Crippen LogP contribution < -0.4 is 5.32 Å². The molecule has 2 N–H and O–H groups in total. The molecule has 15 heavy (non-hydrogen) atoms. The van der Waals surface area contributed by atoms with Crippen molar-refractivity contribution in [2.75, 3.05) is 26.7 Å². The zero-order valence-corrected chi connectivity index (χ0v) is 8.62. The van der Waals surface area contributed by atoms with Crippen molar-refractivity contribution < 1.29 is 18.7 Å². The summed E-state index contributed by atoms with van der Waals surface area (Å²) in [6, 6.07) is -0.154. The van der Waals surface area contributed by atoms with Crippen LogP contribution in [0.25, 0.3) is 0 Å². The Morgan fingerprint density at radius 2 is 2.27 bits per heavy atom.